The summed E-state index contributed by atoms with van der Waals surface area (Å²) in [6.07, 6.45) is 14.8. The summed E-state index contributed by atoms with van der Waals surface area (Å²) in [4.78, 5) is 0. The fraction of sp³-hybridized carbons (Fsp3) is 1.00. The summed E-state index contributed by atoms with van der Waals surface area (Å²) in [5.74, 6) is 1.94. The van der Waals surface area contributed by atoms with Crippen molar-refractivity contribution < 1.29 is 0 Å². The van der Waals surface area contributed by atoms with E-state index in [9.17, 15) is 0 Å². The molecule has 0 aliphatic heterocycles. The minimum atomic E-state index is 0.531. The lowest BCUT2D eigenvalue weighted by molar-refractivity contribution is -0.0702. The zero-order chi connectivity index (χ0) is 13.0. The molecule has 1 N–H and O–H groups in total. The minimum absolute atomic E-state index is 0.531. The first-order valence-electron chi connectivity index (χ1n) is 8.35. The van der Waals surface area contributed by atoms with E-state index in [-0.39, 0.29) is 0 Å². The summed E-state index contributed by atoms with van der Waals surface area (Å²) in [5.41, 5.74) is 0.531. The smallest absolute Gasteiger partial charge is 0.0149 e. The SMILES string of the molecule is CNC1C2CCCCCCCCCCC2C1(C)C. The van der Waals surface area contributed by atoms with Crippen molar-refractivity contribution in [3.63, 3.8) is 0 Å². The lowest BCUT2D eigenvalue weighted by Crippen LogP contribution is -2.63. The van der Waals surface area contributed by atoms with Gasteiger partial charge >= 0.3 is 0 Å². The van der Waals surface area contributed by atoms with Crippen LogP contribution in [0.15, 0.2) is 0 Å². The van der Waals surface area contributed by atoms with Gasteiger partial charge in [0.15, 0.2) is 0 Å². The standard InChI is InChI=1S/C17H33N/c1-17(2)15-13-11-9-7-5-4-6-8-10-12-14(15)16(17)18-3/h14-16,18H,4-13H2,1-3H3. The fourth-order valence-corrected chi connectivity index (χ4v) is 4.79. The van der Waals surface area contributed by atoms with Gasteiger partial charge in [-0.2, -0.15) is 0 Å². The molecule has 0 aromatic rings. The van der Waals surface area contributed by atoms with Crippen molar-refractivity contribution in [1.82, 2.24) is 5.32 Å². The maximum absolute atomic E-state index is 3.60. The van der Waals surface area contributed by atoms with Crippen molar-refractivity contribution >= 4 is 0 Å². The highest BCUT2D eigenvalue weighted by atomic mass is 14.9. The Morgan fingerprint density at radius 2 is 1.28 bits per heavy atom. The molecule has 0 saturated heterocycles. The van der Waals surface area contributed by atoms with Crippen molar-refractivity contribution in [2.75, 3.05) is 7.05 Å². The van der Waals surface area contributed by atoms with Gasteiger partial charge in [-0.25, -0.2) is 0 Å². The van der Waals surface area contributed by atoms with E-state index in [1.54, 1.807) is 0 Å². The van der Waals surface area contributed by atoms with Crippen LogP contribution in [0.4, 0.5) is 0 Å². The molecule has 106 valence electrons. The Labute approximate surface area is 114 Å². The number of rotatable bonds is 1. The molecule has 0 aromatic heterocycles. The zero-order valence-corrected chi connectivity index (χ0v) is 12.8. The van der Waals surface area contributed by atoms with Gasteiger partial charge < -0.3 is 5.32 Å². The molecule has 0 amide bonds. The second kappa shape index (κ2) is 6.41. The molecule has 0 radical (unpaired) electrons. The maximum atomic E-state index is 3.60. The monoisotopic (exact) mass is 251 g/mol. The molecule has 0 spiro atoms. The normalized spacial score (nSPS) is 37.8. The quantitative estimate of drug-likeness (QED) is 0.708. The predicted molar refractivity (Wildman–Crippen MR) is 79.8 cm³/mol. The van der Waals surface area contributed by atoms with Crippen LogP contribution in [0, 0.1) is 17.3 Å². The predicted octanol–water partition coefficient (Wildman–Crippen LogP) is 4.76. The molecule has 2 fully saturated rings. The highest BCUT2D eigenvalue weighted by Gasteiger charge is 2.53. The van der Waals surface area contributed by atoms with Crippen LogP contribution in [0.5, 0.6) is 0 Å². The molecule has 0 bridgehead atoms. The van der Waals surface area contributed by atoms with Crippen LogP contribution in [-0.2, 0) is 0 Å². The summed E-state index contributed by atoms with van der Waals surface area (Å²) in [7, 11) is 2.17. The van der Waals surface area contributed by atoms with E-state index in [0.717, 1.165) is 17.9 Å². The van der Waals surface area contributed by atoms with Gasteiger partial charge in [0.1, 0.15) is 0 Å². The number of nitrogens with one attached hydrogen (secondary N) is 1. The number of hydrogen-bond donors (Lipinski definition) is 1. The van der Waals surface area contributed by atoms with Crippen LogP contribution in [0.2, 0.25) is 0 Å². The summed E-state index contributed by atoms with van der Waals surface area (Å²) >= 11 is 0. The van der Waals surface area contributed by atoms with E-state index in [0.29, 0.717) is 5.41 Å². The molecule has 2 aliphatic rings. The van der Waals surface area contributed by atoms with Gasteiger partial charge in [0.25, 0.3) is 0 Å². The Balaban J connectivity index is 1.93. The highest BCUT2D eigenvalue weighted by Crippen LogP contribution is 2.54. The third-order valence-corrected chi connectivity index (χ3v) is 5.82. The van der Waals surface area contributed by atoms with Crippen molar-refractivity contribution in [3.05, 3.63) is 0 Å². The van der Waals surface area contributed by atoms with E-state index in [1.165, 1.54) is 64.2 Å². The lowest BCUT2D eigenvalue weighted by Gasteiger charge is -2.59. The second-order valence-electron chi connectivity index (χ2n) is 7.26. The Kier molecular flexibility index (Phi) is 5.12. The van der Waals surface area contributed by atoms with Gasteiger partial charge in [-0.15, -0.1) is 0 Å². The molecule has 2 aliphatic carbocycles. The van der Waals surface area contributed by atoms with Crippen molar-refractivity contribution in [1.29, 1.82) is 0 Å². The molecule has 3 atom stereocenters. The second-order valence-corrected chi connectivity index (χ2v) is 7.26. The third-order valence-electron chi connectivity index (χ3n) is 5.82. The van der Waals surface area contributed by atoms with Crippen LogP contribution < -0.4 is 5.32 Å². The van der Waals surface area contributed by atoms with Crippen molar-refractivity contribution in [2.45, 2.75) is 84.1 Å². The average molecular weight is 251 g/mol. The van der Waals surface area contributed by atoms with Gasteiger partial charge in [0.2, 0.25) is 0 Å². The molecule has 1 nitrogen and oxygen atoms in total. The first kappa shape index (κ1) is 14.4. The molecule has 3 unspecified atom stereocenters. The molecule has 2 saturated carbocycles. The number of fused-ring (bicyclic) bond motifs is 1. The molecule has 1 heteroatoms. The van der Waals surface area contributed by atoms with Gasteiger partial charge in [0, 0.05) is 6.04 Å². The molecule has 2 rings (SSSR count). The molecule has 0 aromatic carbocycles. The summed E-state index contributed by atoms with van der Waals surface area (Å²) in [6, 6.07) is 0.769. The van der Waals surface area contributed by atoms with Crippen molar-refractivity contribution in [2.24, 2.45) is 17.3 Å². The zero-order valence-electron chi connectivity index (χ0n) is 12.8. The molecular weight excluding hydrogens is 218 g/mol. The Bertz CT molecular complexity index is 246. The van der Waals surface area contributed by atoms with E-state index < -0.39 is 0 Å². The first-order valence-corrected chi connectivity index (χ1v) is 8.35. The highest BCUT2D eigenvalue weighted by molar-refractivity contribution is 5.06. The molecular formula is C17H33N. The Morgan fingerprint density at radius 1 is 0.778 bits per heavy atom. The molecule has 18 heavy (non-hydrogen) atoms. The molecule has 0 heterocycles. The average Bonchev–Trinajstić information content (AvgIpc) is 2.32. The van der Waals surface area contributed by atoms with E-state index >= 15 is 0 Å². The van der Waals surface area contributed by atoms with Crippen LogP contribution in [0.3, 0.4) is 0 Å². The lowest BCUT2D eigenvalue weighted by atomic mass is 9.49. The van der Waals surface area contributed by atoms with Gasteiger partial charge in [0.05, 0.1) is 0 Å². The van der Waals surface area contributed by atoms with E-state index in [4.69, 9.17) is 0 Å². The van der Waals surface area contributed by atoms with Crippen LogP contribution in [0.25, 0.3) is 0 Å². The van der Waals surface area contributed by atoms with Crippen molar-refractivity contribution in [3.8, 4) is 0 Å². The van der Waals surface area contributed by atoms with Gasteiger partial charge in [-0.1, -0.05) is 65.2 Å². The van der Waals surface area contributed by atoms with Crippen LogP contribution in [0.1, 0.15) is 78.1 Å². The van der Waals surface area contributed by atoms with Crippen LogP contribution >= 0.6 is 0 Å². The summed E-state index contributed by atoms with van der Waals surface area (Å²) < 4.78 is 0. The number of hydrogen-bond acceptors (Lipinski definition) is 1. The summed E-state index contributed by atoms with van der Waals surface area (Å²) in [6.45, 7) is 4.97. The van der Waals surface area contributed by atoms with Gasteiger partial charge in [-0.05, 0) is 37.1 Å². The largest absolute Gasteiger partial charge is 0.316 e. The van der Waals surface area contributed by atoms with Gasteiger partial charge in [-0.3, -0.25) is 0 Å². The topological polar surface area (TPSA) is 12.0 Å². The fourth-order valence-electron chi connectivity index (χ4n) is 4.79. The maximum Gasteiger partial charge on any atom is 0.0149 e. The summed E-state index contributed by atoms with van der Waals surface area (Å²) in [5, 5.41) is 3.60. The minimum Gasteiger partial charge on any atom is -0.316 e. The first-order chi connectivity index (χ1) is 8.68. The third kappa shape index (κ3) is 2.92. The Morgan fingerprint density at radius 3 is 1.83 bits per heavy atom. The Hall–Kier alpha value is -0.0400. The van der Waals surface area contributed by atoms with Crippen LogP contribution in [-0.4, -0.2) is 13.1 Å². The van der Waals surface area contributed by atoms with E-state index in [2.05, 4.69) is 26.2 Å². The van der Waals surface area contributed by atoms with E-state index in [1.807, 2.05) is 0 Å².